The molecule has 0 aliphatic carbocycles. The molecule has 0 amide bonds. The molecule has 2 nitrogen and oxygen atoms in total. The van der Waals surface area contributed by atoms with Crippen LogP contribution in [0.2, 0.25) is 26.2 Å². The molecule has 0 unspecified atom stereocenters. The Balaban J connectivity index is 1.13. The Morgan fingerprint density at radius 2 is 0.690 bits per heavy atom. The molecule has 4 heteroatoms. The summed E-state index contributed by atoms with van der Waals surface area (Å²) in [7, 11) is -4.50. The zero-order valence-corrected chi connectivity index (χ0v) is 34.8. The summed E-state index contributed by atoms with van der Waals surface area (Å²) in [6.45, 7) is 10.3. The van der Waals surface area contributed by atoms with E-state index < -0.39 is 16.1 Å². The lowest BCUT2D eigenvalue weighted by atomic mass is 9.90. The van der Waals surface area contributed by atoms with Crippen molar-refractivity contribution in [3.63, 3.8) is 0 Å². The van der Waals surface area contributed by atoms with Crippen LogP contribution in [0.1, 0.15) is 0 Å². The van der Waals surface area contributed by atoms with Crippen molar-refractivity contribution in [2.45, 2.75) is 26.2 Å². The fraction of sp³-hybridized carbons (Fsp3) is 0.0741. The van der Waals surface area contributed by atoms with Crippen molar-refractivity contribution in [2.24, 2.45) is 0 Å². The van der Waals surface area contributed by atoms with Crippen molar-refractivity contribution in [3.8, 4) is 44.5 Å². The van der Waals surface area contributed by atoms with Crippen LogP contribution in [-0.2, 0) is 0 Å². The Labute approximate surface area is 338 Å². The summed E-state index contributed by atoms with van der Waals surface area (Å²) >= 11 is 0. The second kappa shape index (κ2) is 11.1. The van der Waals surface area contributed by atoms with Gasteiger partial charge in [0.05, 0.1) is 0 Å². The lowest BCUT2D eigenvalue weighted by Gasteiger charge is -2.22. The smallest absolute Gasteiger partial charge is 0.143 e. The van der Waals surface area contributed by atoms with Gasteiger partial charge in [0.1, 0.15) is 38.5 Å². The Bertz CT molecular complexity index is 3380. The van der Waals surface area contributed by atoms with E-state index in [1.165, 1.54) is 108 Å². The minimum absolute atomic E-state index is 0.943. The normalized spacial score (nSPS) is 14.8. The van der Waals surface area contributed by atoms with Gasteiger partial charge >= 0.3 is 0 Å². The lowest BCUT2D eigenvalue weighted by Crippen LogP contribution is -2.51. The highest BCUT2D eigenvalue weighted by Crippen LogP contribution is 2.49. The standard InChI is InChI=1S/C54H38O2Si2/c1-57(2)45-29-42-46(30-41(45)49-47(57)27-39(35-23-13-17-31-15-5-7-19-33(31)35)53-51(49)37-21-9-11-25-43(37)55-53)58(3,4)48-28-40(36-24-14-18-32-16-6-8-20-34(32)36)54-52(50(42)48)38-22-10-12-26-44(38)56-54/h5-30H,1-4H3. The van der Waals surface area contributed by atoms with Crippen LogP contribution < -0.4 is 20.7 Å². The van der Waals surface area contributed by atoms with E-state index in [1.54, 1.807) is 0 Å². The second-order valence-electron chi connectivity index (χ2n) is 17.5. The van der Waals surface area contributed by atoms with Crippen LogP contribution in [0.3, 0.4) is 0 Å². The van der Waals surface area contributed by atoms with E-state index in [0.717, 1.165) is 22.3 Å². The maximum absolute atomic E-state index is 6.96. The van der Waals surface area contributed by atoms with Crippen molar-refractivity contribution in [3.05, 3.63) is 158 Å². The molecule has 0 spiro atoms. The number of hydrogen-bond donors (Lipinski definition) is 0. The minimum Gasteiger partial charge on any atom is -0.455 e. The Morgan fingerprint density at radius 1 is 0.328 bits per heavy atom. The molecule has 2 aliphatic heterocycles. The van der Waals surface area contributed by atoms with E-state index in [9.17, 15) is 0 Å². The quantitative estimate of drug-likeness (QED) is 0.164. The molecule has 0 atom stereocenters. The highest BCUT2D eigenvalue weighted by molar-refractivity contribution is 7.06. The van der Waals surface area contributed by atoms with Crippen LogP contribution in [0.5, 0.6) is 0 Å². The van der Waals surface area contributed by atoms with Gasteiger partial charge in [-0.2, -0.15) is 0 Å². The molecule has 4 heterocycles. The van der Waals surface area contributed by atoms with Crippen molar-refractivity contribution < 1.29 is 8.83 Å². The average molecular weight is 775 g/mol. The van der Waals surface area contributed by atoms with Crippen molar-refractivity contribution in [2.75, 3.05) is 0 Å². The summed E-state index contributed by atoms with van der Waals surface area (Å²) in [5.41, 5.74) is 14.3. The number of furan rings is 2. The van der Waals surface area contributed by atoms with Gasteiger partial charge in [0.25, 0.3) is 0 Å². The predicted octanol–water partition coefficient (Wildman–Crippen LogP) is 12.7. The van der Waals surface area contributed by atoms with E-state index in [4.69, 9.17) is 8.83 Å². The van der Waals surface area contributed by atoms with Gasteiger partial charge in [-0.15, -0.1) is 0 Å². The van der Waals surface area contributed by atoms with Crippen LogP contribution in [0.4, 0.5) is 0 Å². The maximum Gasteiger partial charge on any atom is 0.143 e. The first-order valence-electron chi connectivity index (χ1n) is 20.4. The lowest BCUT2D eigenvalue weighted by molar-refractivity contribution is 0.670. The molecule has 0 fully saturated rings. The predicted molar refractivity (Wildman–Crippen MR) is 251 cm³/mol. The molecule has 2 aromatic heterocycles. The third-order valence-electron chi connectivity index (χ3n) is 13.8. The zero-order valence-electron chi connectivity index (χ0n) is 32.8. The average Bonchev–Trinajstić information content (AvgIpc) is 3.95. The summed E-state index contributed by atoms with van der Waals surface area (Å²) in [6, 6.07) is 58.5. The molecule has 0 saturated heterocycles. The van der Waals surface area contributed by atoms with Crippen LogP contribution >= 0.6 is 0 Å². The maximum atomic E-state index is 6.96. The number of hydrogen-bond acceptors (Lipinski definition) is 2. The van der Waals surface area contributed by atoms with Gasteiger partial charge in [0.2, 0.25) is 0 Å². The zero-order chi connectivity index (χ0) is 38.7. The molecule has 13 rings (SSSR count). The first kappa shape index (κ1) is 32.6. The van der Waals surface area contributed by atoms with Crippen LogP contribution in [0.15, 0.2) is 167 Å². The topological polar surface area (TPSA) is 26.3 Å². The molecule has 11 aromatic rings. The number of rotatable bonds is 2. The van der Waals surface area contributed by atoms with E-state index in [-0.39, 0.29) is 0 Å². The van der Waals surface area contributed by atoms with E-state index in [0.29, 0.717) is 0 Å². The molecule has 58 heavy (non-hydrogen) atoms. The third-order valence-corrected chi connectivity index (χ3v) is 20.8. The van der Waals surface area contributed by atoms with E-state index in [1.807, 2.05) is 0 Å². The molecule has 0 radical (unpaired) electrons. The molecule has 0 bridgehead atoms. The first-order chi connectivity index (χ1) is 28.3. The van der Waals surface area contributed by atoms with Gasteiger partial charge in [-0.05, 0) is 87.8 Å². The molecule has 2 aliphatic rings. The largest absolute Gasteiger partial charge is 0.455 e. The molecule has 9 aromatic carbocycles. The van der Waals surface area contributed by atoms with Gasteiger partial charge < -0.3 is 8.83 Å². The fourth-order valence-corrected chi connectivity index (χ4v) is 17.1. The minimum atomic E-state index is -2.25. The fourth-order valence-electron chi connectivity index (χ4n) is 11.0. The van der Waals surface area contributed by atoms with Crippen LogP contribution in [0, 0.1) is 0 Å². The van der Waals surface area contributed by atoms with Gasteiger partial charge in [-0.3, -0.25) is 0 Å². The highest BCUT2D eigenvalue weighted by Gasteiger charge is 2.46. The van der Waals surface area contributed by atoms with Gasteiger partial charge in [-0.1, -0.05) is 172 Å². The van der Waals surface area contributed by atoms with E-state index in [2.05, 4.69) is 184 Å². The summed E-state index contributed by atoms with van der Waals surface area (Å²) in [5, 5.41) is 15.9. The summed E-state index contributed by atoms with van der Waals surface area (Å²) in [6.07, 6.45) is 0. The second-order valence-corrected chi connectivity index (χ2v) is 26.2. The SMILES string of the molecule is C[Si]1(C)c2cc3c(cc2-c2c1cc(-c1cccc4ccccc14)c1oc4ccccc4c21)[Si](C)(C)c1cc(-c2cccc4ccccc24)c2oc4ccccc4c2c1-3. The number of fused-ring (bicyclic) bond motifs is 16. The monoisotopic (exact) mass is 774 g/mol. The van der Waals surface area contributed by atoms with Crippen LogP contribution in [0.25, 0.3) is 110 Å². The molecule has 0 N–H and O–H groups in total. The number of benzene rings is 9. The number of para-hydroxylation sites is 2. The third kappa shape index (κ3) is 4.06. The van der Waals surface area contributed by atoms with Crippen LogP contribution in [-0.4, -0.2) is 16.1 Å². The van der Waals surface area contributed by atoms with Crippen molar-refractivity contribution >= 4 is 102 Å². The molecular formula is C54H38O2Si2. The van der Waals surface area contributed by atoms with Crippen molar-refractivity contribution in [1.29, 1.82) is 0 Å². The van der Waals surface area contributed by atoms with Gasteiger partial charge in [0.15, 0.2) is 0 Å². The molecule has 274 valence electrons. The van der Waals surface area contributed by atoms with Gasteiger partial charge in [0, 0.05) is 32.7 Å². The highest BCUT2D eigenvalue weighted by atomic mass is 28.3. The Hall–Kier alpha value is -6.47. The van der Waals surface area contributed by atoms with E-state index >= 15 is 0 Å². The molecule has 0 saturated carbocycles. The summed E-state index contributed by atoms with van der Waals surface area (Å²) < 4.78 is 13.9. The van der Waals surface area contributed by atoms with Gasteiger partial charge in [-0.25, -0.2) is 0 Å². The summed E-state index contributed by atoms with van der Waals surface area (Å²) in [4.78, 5) is 0. The van der Waals surface area contributed by atoms with Crippen molar-refractivity contribution in [1.82, 2.24) is 0 Å². The first-order valence-corrected chi connectivity index (χ1v) is 26.4. The molecular weight excluding hydrogens is 737 g/mol. The Kier molecular flexibility index (Phi) is 6.26. The summed E-state index contributed by atoms with van der Waals surface area (Å²) in [5.74, 6) is 0. The Morgan fingerprint density at radius 3 is 1.14 bits per heavy atom.